The predicted octanol–water partition coefficient (Wildman–Crippen LogP) is 3.43. The van der Waals surface area contributed by atoms with Gasteiger partial charge < -0.3 is 9.47 Å². The molecule has 0 unspecified atom stereocenters. The molecule has 0 amide bonds. The van der Waals surface area contributed by atoms with Gasteiger partial charge >= 0.3 is 0 Å². The summed E-state index contributed by atoms with van der Waals surface area (Å²) in [6.07, 6.45) is 1.10. The number of hydrogen-bond donors (Lipinski definition) is 0. The molecule has 0 atom stereocenters. The molecule has 110 valence electrons. The Morgan fingerprint density at radius 1 is 1.05 bits per heavy atom. The van der Waals surface area contributed by atoms with Gasteiger partial charge in [0.1, 0.15) is 5.78 Å². The number of ether oxygens (including phenoxy) is 2. The maximum atomic E-state index is 12.2. The molecule has 0 fully saturated rings. The molecule has 1 aromatic rings. The van der Waals surface area contributed by atoms with E-state index in [0.717, 1.165) is 6.42 Å². The summed E-state index contributed by atoms with van der Waals surface area (Å²) in [6, 6.07) is 5.18. The van der Waals surface area contributed by atoms with Crippen LogP contribution in [0, 0.1) is 0 Å². The van der Waals surface area contributed by atoms with E-state index in [-0.39, 0.29) is 18.0 Å². The first-order valence-electron chi connectivity index (χ1n) is 7.07. The largest absolute Gasteiger partial charge is 0.490 e. The van der Waals surface area contributed by atoms with E-state index in [9.17, 15) is 9.59 Å². The Labute approximate surface area is 120 Å². The Hall–Kier alpha value is -1.84. The summed E-state index contributed by atoms with van der Waals surface area (Å²) < 4.78 is 11.0. The van der Waals surface area contributed by atoms with Gasteiger partial charge in [0.15, 0.2) is 17.3 Å². The number of carbonyl (C=O) groups is 2. The van der Waals surface area contributed by atoms with Crippen LogP contribution < -0.4 is 9.47 Å². The molecule has 0 spiro atoms. The lowest BCUT2D eigenvalue weighted by atomic mass is 10.0. The van der Waals surface area contributed by atoms with Crippen LogP contribution in [0.3, 0.4) is 0 Å². The third kappa shape index (κ3) is 4.37. The van der Waals surface area contributed by atoms with Crippen LogP contribution in [0.25, 0.3) is 0 Å². The molecular formula is C16H22O4. The lowest BCUT2D eigenvalue weighted by Crippen LogP contribution is -2.11. The minimum atomic E-state index is -0.214. The van der Waals surface area contributed by atoms with Gasteiger partial charge in [0.25, 0.3) is 0 Å². The summed E-state index contributed by atoms with van der Waals surface area (Å²) in [7, 11) is 0. The van der Waals surface area contributed by atoms with Crippen molar-refractivity contribution in [3.63, 3.8) is 0 Å². The van der Waals surface area contributed by atoms with Crippen LogP contribution >= 0.6 is 0 Å². The average molecular weight is 278 g/mol. The second-order valence-electron chi connectivity index (χ2n) is 4.39. The molecule has 1 aromatic carbocycles. The number of benzene rings is 1. The Bertz CT molecular complexity index is 466. The van der Waals surface area contributed by atoms with Gasteiger partial charge in [-0.3, -0.25) is 9.59 Å². The number of carbonyl (C=O) groups excluding carboxylic acids is 2. The van der Waals surface area contributed by atoms with Crippen molar-refractivity contribution in [2.24, 2.45) is 0 Å². The van der Waals surface area contributed by atoms with Crippen LogP contribution in [0.2, 0.25) is 0 Å². The highest BCUT2D eigenvalue weighted by Crippen LogP contribution is 2.32. The first-order chi connectivity index (χ1) is 9.63. The highest BCUT2D eigenvalue weighted by atomic mass is 16.5. The molecule has 4 heteroatoms. The van der Waals surface area contributed by atoms with Crippen LogP contribution in [-0.4, -0.2) is 24.8 Å². The van der Waals surface area contributed by atoms with Gasteiger partial charge in [-0.1, -0.05) is 13.0 Å². The SMILES string of the molecule is CCCC(=O)CC(=O)c1cccc(OCC)c1OCC. The fourth-order valence-corrected chi connectivity index (χ4v) is 1.94. The first kappa shape index (κ1) is 16.2. The number of ketones is 2. The van der Waals surface area contributed by atoms with E-state index in [1.807, 2.05) is 20.8 Å². The van der Waals surface area contributed by atoms with Crippen molar-refractivity contribution in [1.82, 2.24) is 0 Å². The minimum absolute atomic E-state index is 0.0400. The summed E-state index contributed by atoms with van der Waals surface area (Å²) in [5.74, 6) is 0.726. The number of para-hydroxylation sites is 1. The molecule has 0 saturated carbocycles. The van der Waals surface area contributed by atoms with Gasteiger partial charge in [0.05, 0.1) is 25.2 Å². The smallest absolute Gasteiger partial charge is 0.174 e. The highest BCUT2D eigenvalue weighted by Gasteiger charge is 2.19. The normalized spacial score (nSPS) is 10.2. The van der Waals surface area contributed by atoms with Crippen molar-refractivity contribution in [2.45, 2.75) is 40.0 Å². The van der Waals surface area contributed by atoms with Gasteiger partial charge in [0.2, 0.25) is 0 Å². The van der Waals surface area contributed by atoms with E-state index in [1.165, 1.54) is 0 Å². The molecule has 1 rings (SSSR count). The third-order valence-corrected chi connectivity index (χ3v) is 2.75. The standard InChI is InChI=1S/C16H22O4/c1-4-8-12(17)11-14(18)13-9-7-10-15(19-5-2)16(13)20-6-3/h7,9-10H,4-6,8,11H2,1-3H3. The van der Waals surface area contributed by atoms with Crippen molar-refractivity contribution in [1.29, 1.82) is 0 Å². The Balaban J connectivity index is 3.00. The van der Waals surface area contributed by atoms with E-state index in [0.29, 0.717) is 36.7 Å². The topological polar surface area (TPSA) is 52.6 Å². The van der Waals surface area contributed by atoms with Crippen LogP contribution in [0.1, 0.15) is 50.4 Å². The van der Waals surface area contributed by atoms with Crippen molar-refractivity contribution in [3.05, 3.63) is 23.8 Å². The summed E-state index contributed by atoms with van der Waals surface area (Å²) in [4.78, 5) is 23.8. The molecule has 0 N–H and O–H groups in total. The lowest BCUT2D eigenvalue weighted by molar-refractivity contribution is -0.118. The summed E-state index contributed by atoms with van der Waals surface area (Å²) in [6.45, 7) is 6.57. The van der Waals surface area contributed by atoms with Crippen molar-refractivity contribution in [3.8, 4) is 11.5 Å². The molecule has 20 heavy (non-hydrogen) atoms. The number of hydrogen-bond acceptors (Lipinski definition) is 4. The second kappa shape index (κ2) is 8.35. The zero-order valence-electron chi connectivity index (χ0n) is 12.4. The van der Waals surface area contributed by atoms with E-state index in [4.69, 9.17) is 9.47 Å². The molecule has 0 aromatic heterocycles. The van der Waals surface area contributed by atoms with Crippen LogP contribution in [0.4, 0.5) is 0 Å². The quantitative estimate of drug-likeness (QED) is 0.513. The second-order valence-corrected chi connectivity index (χ2v) is 4.39. The van der Waals surface area contributed by atoms with Crippen LogP contribution in [-0.2, 0) is 4.79 Å². The lowest BCUT2D eigenvalue weighted by Gasteiger charge is -2.14. The maximum absolute atomic E-state index is 12.2. The molecule has 0 aliphatic rings. The number of rotatable bonds is 9. The molecular weight excluding hydrogens is 256 g/mol. The molecule has 0 radical (unpaired) electrons. The van der Waals surface area contributed by atoms with Gasteiger partial charge in [-0.05, 0) is 32.4 Å². The average Bonchev–Trinajstić information content (AvgIpc) is 2.41. The molecule has 4 nitrogen and oxygen atoms in total. The van der Waals surface area contributed by atoms with Crippen molar-refractivity contribution >= 4 is 11.6 Å². The monoisotopic (exact) mass is 278 g/mol. The molecule has 0 bridgehead atoms. The Kier molecular flexibility index (Phi) is 6.77. The minimum Gasteiger partial charge on any atom is -0.490 e. The predicted molar refractivity (Wildman–Crippen MR) is 77.6 cm³/mol. The third-order valence-electron chi connectivity index (χ3n) is 2.75. The van der Waals surface area contributed by atoms with E-state index in [2.05, 4.69) is 0 Å². The van der Waals surface area contributed by atoms with Gasteiger partial charge in [-0.2, -0.15) is 0 Å². The fourth-order valence-electron chi connectivity index (χ4n) is 1.94. The zero-order chi connectivity index (χ0) is 15.0. The summed E-state index contributed by atoms with van der Waals surface area (Å²) >= 11 is 0. The maximum Gasteiger partial charge on any atom is 0.174 e. The van der Waals surface area contributed by atoms with Crippen LogP contribution in [0.5, 0.6) is 11.5 Å². The van der Waals surface area contributed by atoms with Crippen molar-refractivity contribution < 1.29 is 19.1 Å². The van der Waals surface area contributed by atoms with Crippen molar-refractivity contribution in [2.75, 3.05) is 13.2 Å². The fraction of sp³-hybridized carbons (Fsp3) is 0.500. The Morgan fingerprint density at radius 2 is 1.75 bits per heavy atom. The summed E-state index contributed by atoms with van der Waals surface area (Å²) in [5, 5.41) is 0. The summed E-state index contributed by atoms with van der Waals surface area (Å²) in [5.41, 5.74) is 0.419. The number of Topliss-reactive ketones (excluding diaryl/α,β-unsaturated/α-hetero) is 2. The van der Waals surface area contributed by atoms with E-state index < -0.39 is 0 Å². The Morgan fingerprint density at radius 3 is 2.35 bits per heavy atom. The molecule has 0 aliphatic heterocycles. The van der Waals surface area contributed by atoms with Gasteiger partial charge in [0, 0.05) is 6.42 Å². The molecule has 0 saturated heterocycles. The van der Waals surface area contributed by atoms with Gasteiger partial charge in [-0.15, -0.1) is 0 Å². The molecule has 0 aliphatic carbocycles. The van der Waals surface area contributed by atoms with Gasteiger partial charge in [-0.25, -0.2) is 0 Å². The molecule has 0 heterocycles. The van der Waals surface area contributed by atoms with E-state index >= 15 is 0 Å². The van der Waals surface area contributed by atoms with Crippen LogP contribution in [0.15, 0.2) is 18.2 Å². The van der Waals surface area contributed by atoms with E-state index in [1.54, 1.807) is 18.2 Å². The highest BCUT2D eigenvalue weighted by molar-refractivity contribution is 6.09. The zero-order valence-corrected chi connectivity index (χ0v) is 12.4. The first-order valence-corrected chi connectivity index (χ1v) is 7.07.